The van der Waals surface area contributed by atoms with Crippen LogP contribution in [-0.4, -0.2) is 7.11 Å². The molecule has 0 aromatic heterocycles. The van der Waals surface area contributed by atoms with Crippen LogP contribution in [0.15, 0.2) is 28.7 Å². The number of hydrogen-bond donors (Lipinski definition) is 0. The Kier molecular flexibility index (Phi) is 3.76. The lowest BCUT2D eigenvalue weighted by Crippen LogP contribution is -1.98. The van der Waals surface area contributed by atoms with Gasteiger partial charge in [0.15, 0.2) is 0 Å². The highest BCUT2D eigenvalue weighted by atomic mass is 79.9. The predicted octanol–water partition coefficient (Wildman–Crippen LogP) is 3.55. The number of methoxy groups -OCH3 is 1. The fourth-order valence-electron chi connectivity index (χ4n) is 1.22. The van der Waals surface area contributed by atoms with E-state index in [2.05, 4.69) is 35.0 Å². The summed E-state index contributed by atoms with van der Waals surface area (Å²) in [4.78, 5) is 0. The molecule has 1 atom stereocenters. The van der Waals surface area contributed by atoms with Crippen molar-refractivity contribution in [2.24, 2.45) is 0 Å². The van der Waals surface area contributed by atoms with Crippen LogP contribution in [0.5, 0.6) is 0 Å². The zero-order valence-electron chi connectivity index (χ0n) is 7.38. The van der Waals surface area contributed by atoms with Crippen LogP contribution in [0.25, 0.3) is 0 Å². The van der Waals surface area contributed by atoms with Crippen LogP contribution in [0.3, 0.4) is 0 Å². The van der Waals surface area contributed by atoms with Crippen LogP contribution in [0, 0.1) is 0 Å². The van der Waals surface area contributed by atoms with Gasteiger partial charge >= 0.3 is 0 Å². The molecule has 1 aromatic rings. The van der Waals surface area contributed by atoms with Crippen molar-refractivity contribution in [2.45, 2.75) is 19.4 Å². The van der Waals surface area contributed by atoms with Crippen molar-refractivity contribution < 1.29 is 4.74 Å². The molecule has 0 aliphatic carbocycles. The number of halogens is 1. The zero-order chi connectivity index (χ0) is 8.97. The Balaban J connectivity index is 2.80. The average Bonchev–Trinajstić information content (AvgIpc) is 2.10. The van der Waals surface area contributed by atoms with Crippen LogP contribution >= 0.6 is 15.9 Å². The normalized spacial score (nSPS) is 12.9. The standard InChI is InChI=1S/C10H13BrO/c1-3-10(12-2)8-4-6-9(11)7-5-8/h4-7,10H,3H2,1-2H3/t10-/m0/s1. The summed E-state index contributed by atoms with van der Waals surface area (Å²) in [6.07, 6.45) is 1.25. The summed E-state index contributed by atoms with van der Waals surface area (Å²) in [5, 5.41) is 0. The Bertz CT molecular complexity index is 226. The second kappa shape index (κ2) is 4.63. The van der Waals surface area contributed by atoms with Crippen LogP contribution in [-0.2, 0) is 4.74 Å². The topological polar surface area (TPSA) is 9.23 Å². The summed E-state index contributed by atoms with van der Waals surface area (Å²) >= 11 is 3.40. The van der Waals surface area contributed by atoms with Gasteiger partial charge in [-0.25, -0.2) is 0 Å². The maximum absolute atomic E-state index is 5.31. The van der Waals surface area contributed by atoms with Crippen molar-refractivity contribution in [3.05, 3.63) is 34.3 Å². The molecule has 1 aromatic carbocycles. The van der Waals surface area contributed by atoms with Crippen molar-refractivity contribution in [1.82, 2.24) is 0 Å². The van der Waals surface area contributed by atoms with E-state index in [0.29, 0.717) is 0 Å². The molecule has 0 spiro atoms. The lowest BCUT2D eigenvalue weighted by atomic mass is 10.1. The minimum Gasteiger partial charge on any atom is -0.377 e. The molecule has 0 aliphatic heterocycles. The monoisotopic (exact) mass is 228 g/mol. The quantitative estimate of drug-likeness (QED) is 0.770. The van der Waals surface area contributed by atoms with Gasteiger partial charge in [0.05, 0.1) is 6.10 Å². The van der Waals surface area contributed by atoms with Gasteiger partial charge in [-0.1, -0.05) is 35.0 Å². The SMILES string of the molecule is CC[C@H](OC)c1ccc(Br)cc1. The highest BCUT2D eigenvalue weighted by Crippen LogP contribution is 2.21. The highest BCUT2D eigenvalue weighted by Gasteiger charge is 2.05. The van der Waals surface area contributed by atoms with Crippen LogP contribution in [0.4, 0.5) is 0 Å². The van der Waals surface area contributed by atoms with Gasteiger partial charge in [-0.2, -0.15) is 0 Å². The number of ether oxygens (including phenoxy) is 1. The molecule has 0 unspecified atom stereocenters. The number of hydrogen-bond acceptors (Lipinski definition) is 1. The van der Waals surface area contributed by atoms with Gasteiger partial charge in [-0.05, 0) is 24.1 Å². The average molecular weight is 229 g/mol. The van der Waals surface area contributed by atoms with Gasteiger partial charge < -0.3 is 4.74 Å². The second-order valence-electron chi connectivity index (χ2n) is 2.68. The van der Waals surface area contributed by atoms with E-state index in [9.17, 15) is 0 Å². The number of benzene rings is 1. The molecular weight excluding hydrogens is 216 g/mol. The van der Waals surface area contributed by atoms with Crippen molar-refractivity contribution in [1.29, 1.82) is 0 Å². The first-order valence-corrected chi connectivity index (χ1v) is 4.85. The van der Waals surface area contributed by atoms with Gasteiger partial charge in [0.25, 0.3) is 0 Å². The Morgan fingerprint density at radius 1 is 1.33 bits per heavy atom. The van der Waals surface area contributed by atoms with E-state index in [1.165, 1.54) is 5.56 Å². The van der Waals surface area contributed by atoms with E-state index in [4.69, 9.17) is 4.74 Å². The third-order valence-corrected chi connectivity index (χ3v) is 2.43. The molecule has 2 heteroatoms. The Hall–Kier alpha value is -0.340. The van der Waals surface area contributed by atoms with Gasteiger partial charge in [-0.15, -0.1) is 0 Å². The zero-order valence-corrected chi connectivity index (χ0v) is 8.97. The van der Waals surface area contributed by atoms with Crippen molar-refractivity contribution in [3.8, 4) is 0 Å². The summed E-state index contributed by atoms with van der Waals surface area (Å²) < 4.78 is 6.42. The van der Waals surface area contributed by atoms with Gasteiger partial charge in [0, 0.05) is 11.6 Å². The van der Waals surface area contributed by atoms with Gasteiger partial charge in [0.1, 0.15) is 0 Å². The molecule has 0 aliphatic rings. The van der Waals surface area contributed by atoms with Crippen LogP contribution in [0.1, 0.15) is 25.0 Å². The summed E-state index contributed by atoms with van der Waals surface area (Å²) in [5.41, 5.74) is 1.24. The summed E-state index contributed by atoms with van der Waals surface area (Å²) in [6.45, 7) is 2.12. The molecular formula is C10H13BrO. The van der Waals surface area contributed by atoms with Crippen LogP contribution in [0.2, 0.25) is 0 Å². The van der Waals surface area contributed by atoms with Crippen LogP contribution < -0.4 is 0 Å². The smallest absolute Gasteiger partial charge is 0.0818 e. The third-order valence-electron chi connectivity index (χ3n) is 1.90. The minimum absolute atomic E-state index is 0.234. The fourth-order valence-corrected chi connectivity index (χ4v) is 1.48. The molecule has 1 rings (SSSR count). The first-order valence-electron chi connectivity index (χ1n) is 4.06. The fraction of sp³-hybridized carbons (Fsp3) is 0.400. The van der Waals surface area contributed by atoms with E-state index in [-0.39, 0.29) is 6.10 Å². The predicted molar refractivity (Wildman–Crippen MR) is 54.2 cm³/mol. The van der Waals surface area contributed by atoms with Crippen molar-refractivity contribution >= 4 is 15.9 Å². The van der Waals surface area contributed by atoms with E-state index in [1.54, 1.807) is 7.11 Å². The Labute approximate surface area is 81.9 Å². The molecule has 0 saturated heterocycles. The lowest BCUT2D eigenvalue weighted by Gasteiger charge is -2.12. The maximum atomic E-state index is 5.31. The summed E-state index contributed by atoms with van der Waals surface area (Å²) in [6, 6.07) is 8.25. The highest BCUT2D eigenvalue weighted by molar-refractivity contribution is 9.10. The second-order valence-corrected chi connectivity index (χ2v) is 3.60. The summed E-state index contributed by atoms with van der Waals surface area (Å²) in [5.74, 6) is 0. The first-order chi connectivity index (χ1) is 5.77. The van der Waals surface area contributed by atoms with E-state index in [0.717, 1.165) is 10.9 Å². The molecule has 0 bridgehead atoms. The maximum Gasteiger partial charge on any atom is 0.0818 e. The van der Waals surface area contributed by atoms with E-state index < -0.39 is 0 Å². The molecule has 0 amide bonds. The van der Waals surface area contributed by atoms with Gasteiger partial charge in [0.2, 0.25) is 0 Å². The molecule has 1 nitrogen and oxygen atoms in total. The van der Waals surface area contributed by atoms with E-state index >= 15 is 0 Å². The molecule has 12 heavy (non-hydrogen) atoms. The van der Waals surface area contributed by atoms with E-state index in [1.807, 2.05) is 12.1 Å². The van der Waals surface area contributed by atoms with Crippen molar-refractivity contribution in [3.63, 3.8) is 0 Å². The largest absolute Gasteiger partial charge is 0.377 e. The molecule has 0 fully saturated rings. The lowest BCUT2D eigenvalue weighted by molar-refractivity contribution is 0.100. The Morgan fingerprint density at radius 3 is 2.33 bits per heavy atom. The molecule has 0 saturated carbocycles. The van der Waals surface area contributed by atoms with Crippen molar-refractivity contribution in [2.75, 3.05) is 7.11 Å². The number of rotatable bonds is 3. The summed E-state index contributed by atoms with van der Waals surface area (Å²) in [7, 11) is 1.75. The molecule has 0 radical (unpaired) electrons. The molecule has 0 heterocycles. The molecule has 66 valence electrons. The molecule has 0 N–H and O–H groups in total. The van der Waals surface area contributed by atoms with Gasteiger partial charge in [-0.3, -0.25) is 0 Å². The Morgan fingerprint density at radius 2 is 1.92 bits per heavy atom. The minimum atomic E-state index is 0.234. The first kappa shape index (κ1) is 9.75. The third kappa shape index (κ3) is 2.32.